The first-order valence-corrected chi connectivity index (χ1v) is 4.87. The molecule has 1 aliphatic rings. The minimum absolute atomic E-state index is 0.217. The molecule has 0 aromatic heterocycles. The van der Waals surface area contributed by atoms with Crippen LogP contribution in [0.1, 0.15) is 19.8 Å². The van der Waals surface area contributed by atoms with Crippen LogP contribution in [0.15, 0.2) is 12.2 Å². The van der Waals surface area contributed by atoms with Crippen LogP contribution in [0.3, 0.4) is 0 Å². The second-order valence-electron chi connectivity index (χ2n) is 3.13. The van der Waals surface area contributed by atoms with Crippen molar-refractivity contribution in [2.45, 2.75) is 19.8 Å². The number of carbonyl (C=O) groups excluding carboxylic acids is 2. The van der Waals surface area contributed by atoms with E-state index in [1.165, 1.54) is 17.1 Å². The van der Waals surface area contributed by atoms with Gasteiger partial charge in [-0.1, -0.05) is 6.92 Å². The third kappa shape index (κ3) is 2.96. The zero-order valence-electron chi connectivity index (χ0n) is 8.36. The molecule has 4 nitrogen and oxygen atoms in total. The molecule has 0 aromatic rings. The molecule has 0 fully saturated rings. The summed E-state index contributed by atoms with van der Waals surface area (Å²) in [5.74, 6) is -0.434. The van der Waals surface area contributed by atoms with Crippen molar-refractivity contribution in [2.75, 3.05) is 19.8 Å². The van der Waals surface area contributed by atoms with Crippen LogP contribution in [0.2, 0.25) is 0 Å². The van der Waals surface area contributed by atoms with Crippen LogP contribution < -0.4 is 0 Å². The quantitative estimate of drug-likeness (QED) is 0.466. The first-order valence-electron chi connectivity index (χ1n) is 4.87. The number of nitrogens with zero attached hydrogens (tertiary/aromatic N) is 1. The summed E-state index contributed by atoms with van der Waals surface area (Å²) < 4.78 is 5.24. The highest BCUT2D eigenvalue weighted by Crippen LogP contribution is 2.03. The van der Waals surface area contributed by atoms with Gasteiger partial charge in [-0.05, 0) is 12.8 Å². The minimum Gasteiger partial charge on any atom is -0.381 e. The average Bonchev–Trinajstić information content (AvgIpc) is 2.48. The summed E-state index contributed by atoms with van der Waals surface area (Å²) in [5.41, 5.74) is 0. The predicted octanol–water partition coefficient (Wildman–Crippen LogP) is 0.728. The van der Waals surface area contributed by atoms with Crippen LogP contribution >= 0.6 is 0 Å². The van der Waals surface area contributed by atoms with E-state index < -0.39 is 0 Å². The highest BCUT2D eigenvalue weighted by Gasteiger charge is 2.22. The highest BCUT2D eigenvalue weighted by molar-refractivity contribution is 6.12. The Labute approximate surface area is 83.5 Å². The van der Waals surface area contributed by atoms with Crippen LogP contribution in [-0.2, 0) is 14.3 Å². The number of ether oxygens (including phenoxy) is 1. The van der Waals surface area contributed by atoms with Crippen molar-refractivity contribution in [3.05, 3.63) is 12.2 Å². The molecule has 0 spiro atoms. The van der Waals surface area contributed by atoms with Gasteiger partial charge in [-0.25, -0.2) is 0 Å². The van der Waals surface area contributed by atoms with Gasteiger partial charge < -0.3 is 4.74 Å². The summed E-state index contributed by atoms with van der Waals surface area (Å²) in [6, 6.07) is 0. The van der Waals surface area contributed by atoms with Gasteiger partial charge in [0, 0.05) is 31.9 Å². The third-order valence-corrected chi connectivity index (χ3v) is 1.92. The van der Waals surface area contributed by atoms with Gasteiger partial charge in [0.05, 0.1) is 0 Å². The van der Waals surface area contributed by atoms with Gasteiger partial charge in [-0.2, -0.15) is 0 Å². The van der Waals surface area contributed by atoms with Gasteiger partial charge in [-0.15, -0.1) is 0 Å². The molecule has 0 aliphatic carbocycles. The lowest BCUT2D eigenvalue weighted by Gasteiger charge is -2.12. The van der Waals surface area contributed by atoms with E-state index in [0.717, 1.165) is 13.0 Å². The number of rotatable bonds is 6. The zero-order valence-corrected chi connectivity index (χ0v) is 8.36. The van der Waals surface area contributed by atoms with Crippen molar-refractivity contribution in [1.82, 2.24) is 4.90 Å². The molecule has 0 radical (unpaired) electrons. The predicted molar refractivity (Wildman–Crippen MR) is 51.6 cm³/mol. The van der Waals surface area contributed by atoms with Gasteiger partial charge >= 0.3 is 0 Å². The molecular weight excluding hydrogens is 182 g/mol. The molecule has 0 atom stereocenters. The largest absolute Gasteiger partial charge is 0.381 e. The van der Waals surface area contributed by atoms with Gasteiger partial charge in [0.15, 0.2) is 0 Å². The second-order valence-corrected chi connectivity index (χ2v) is 3.13. The Kier molecular flexibility index (Phi) is 4.32. The molecule has 4 heteroatoms. The fourth-order valence-electron chi connectivity index (χ4n) is 1.22. The molecule has 2 amide bonds. The lowest BCUT2D eigenvalue weighted by molar-refractivity contribution is -0.136. The van der Waals surface area contributed by atoms with Crippen molar-refractivity contribution in [1.29, 1.82) is 0 Å². The summed E-state index contributed by atoms with van der Waals surface area (Å²) in [7, 11) is 0. The topological polar surface area (TPSA) is 46.6 Å². The Balaban J connectivity index is 2.13. The van der Waals surface area contributed by atoms with E-state index >= 15 is 0 Å². The molecule has 1 heterocycles. The molecule has 0 saturated heterocycles. The monoisotopic (exact) mass is 197 g/mol. The van der Waals surface area contributed by atoms with E-state index in [2.05, 4.69) is 0 Å². The third-order valence-electron chi connectivity index (χ3n) is 1.92. The number of carbonyl (C=O) groups is 2. The molecule has 0 saturated carbocycles. The van der Waals surface area contributed by atoms with E-state index in [9.17, 15) is 9.59 Å². The lowest BCUT2D eigenvalue weighted by Crippen LogP contribution is -2.31. The smallest absolute Gasteiger partial charge is 0.253 e. The first kappa shape index (κ1) is 10.9. The molecule has 14 heavy (non-hydrogen) atoms. The van der Waals surface area contributed by atoms with Gasteiger partial charge in [0.2, 0.25) is 0 Å². The van der Waals surface area contributed by atoms with Crippen LogP contribution in [-0.4, -0.2) is 36.5 Å². The highest BCUT2D eigenvalue weighted by atomic mass is 16.5. The van der Waals surface area contributed by atoms with Crippen LogP contribution in [0.4, 0.5) is 0 Å². The van der Waals surface area contributed by atoms with Crippen LogP contribution in [0.5, 0.6) is 0 Å². The van der Waals surface area contributed by atoms with E-state index in [4.69, 9.17) is 4.74 Å². The summed E-state index contributed by atoms with van der Waals surface area (Å²) >= 11 is 0. The van der Waals surface area contributed by atoms with Gasteiger partial charge in [0.1, 0.15) is 0 Å². The standard InChI is InChI=1S/C10H15NO3/c1-2-7-14-8-3-6-11-9(12)4-5-10(11)13/h4-5H,2-3,6-8H2,1H3. The van der Waals surface area contributed by atoms with Crippen molar-refractivity contribution in [2.24, 2.45) is 0 Å². The van der Waals surface area contributed by atoms with Crippen molar-refractivity contribution in [3.8, 4) is 0 Å². The molecule has 0 aromatic carbocycles. The SMILES string of the molecule is CCCOCCCN1C(=O)C=CC1=O. The number of hydrogen-bond acceptors (Lipinski definition) is 3. The van der Waals surface area contributed by atoms with Crippen molar-refractivity contribution in [3.63, 3.8) is 0 Å². The Morgan fingerprint density at radius 2 is 1.86 bits per heavy atom. The van der Waals surface area contributed by atoms with E-state index in [1.807, 2.05) is 6.92 Å². The number of imide groups is 1. The average molecular weight is 197 g/mol. The maximum absolute atomic E-state index is 11.1. The Hall–Kier alpha value is -1.16. The Bertz CT molecular complexity index is 230. The molecular formula is C10H15NO3. The lowest BCUT2D eigenvalue weighted by atomic mass is 10.4. The second kappa shape index (κ2) is 5.54. The maximum Gasteiger partial charge on any atom is 0.253 e. The minimum atomic E-state index is -0.217. The first-order chi connectivity index (χ1) is 6.75. The summed E-state index contributed by atoms with van der Waals surface area (Å²) in [5, 5.41) is 0. The molecule has 0 unspecified atom stereocenters. The van der Waals surface area contributed by atoms with Gasteiger partial charge in [0.25, 0.3) is 11.8 Å². The maximum atomic E-state index is 11.1. The molecule has 1 rings (SSSR count). The van der Waals surface area contributed by atoms with E-state index in [-0.39, 0.29) is 11.8 Å². The Morgan fingerprint density at radius 1 is 1.21 bits per heavy atom. The Morgan fingerprint density at radius 3 is 2.43 bits per heavy atom. The molecule has 78 valence electrons. The zero-order chi connectivity index (χ0) is 10.4. The summed E-state index contributed by atoms with van der Waals surface area (Å²) in [6.45, 7) is 3.83. The van der Waals surface area contributed by atoms with E-state index in [0.29, 0.717) is 19.6 Å². The van der Waals surface area contributed by atoms with Crippen molar-refractivity contribution < 1.29 is 14.3 Å². The van der Waals surface area contributed by atoms with E-state index in [1.54, 1.807) is 0 Å². The number of amides is 2. The number of hydrogen-bond donors (Lipinski definition) is 0. The van der Waals surface area contributed by atoms with Gasteiger partial charge in [-0.3, -0.25) is 14.5 Å². The molecule has 1 aliphatic heterocycles. The molecule has 0 N–H and O–H groups in total. The summed E-state index contributed by atoms with van der Waals surface area (Å²) in [6.07, 6.45) is 4.30. The van der Waals surface area contributed by atoms with Crippen molar-refractivity contribution >= 4 is 11.8 Å². The molecule has 0 bridgehead atoms. The van der Waals surface area contributed by atoms with Crippen LogP contribution in [0, 0.1) is 0 Å². The fourth-order valence-corrected chi connectivity index (χ4v) is 1.22. The van der Waals surface area contributed by atoms with Crippen LogP contribution in [0.25, 0.3) is 0 Å². The fraction of sp³-hybridized carbons (Fsp3) is 0.600. The normalized spacial score (nSPS) is 15.6. The summed E-state index contributed by atoms with van der Waals surface area (Å²) in [4.78, 5) is 23.4.